The molecule has 0 aliphatic heterocycles. The van der Waals surface area contributed by atoms with Crippen LogP contribution in [-0.4, -0.2) is 18.0 Å². The molecule has 2 aromatic carbocycles. The molecule has 0 radical (unpaired) electrons. The van der Waals surface area contributed by atoms with Crippen LogP contribution in [0.25, 0.3) is 17.3 Å². The zero-order chi connectivity index (χ0) is 20.1. The summed E-state index contributed by atoms with van der Waals surface area (Å²) in [5.74, 6) is 0.621. The van der Waals surface area contributed by atoms with Gasteiger partial charge < -0.3 is 4.74 Å². The number of hydrogen-bond acceptors (Lipinski definition) is 4. The highest BCUT2D eigenvalue weighted by Crippen LogP contribution is 2.26. The summed E-state index contributed by atoms with van der Waals surface area (Å²) in [6.07, 6.45) is 4.38. The number of nitrogens with one attached hydrogen (secondary N) is 1. The van der Waals surface area contributed by atoms with E-state index in [2.05, 4.69) is 41.5 Å². The number of nitrogens with zero attached hydrogens (tertiary/aromatic N) is 1. The molecule has 1 N–H and O–H groups in total. The minimum absolute atomic E-state index is 0.197. The average Bonchev–Trinajstić information content (AvgIpc) is 3.15. The van der Waals surface area contributed by atoms with Crippen LogP contribution in [0.5, 0.6) is 5.75 Å². The van der Waals surface area contributed by atoms with Crippen molar-refractivity contribution in [3.63, 3.8) is 0 Å². The topological polar surface area (TPSA) is 51.2 Å². The SMILES string of the molecule is CCc1ccc(-c2csc(NC(=O)/C=C/c3c(C)cc(OC)cc3C)n2)cc1. The van der Waals surface area contributed by atoms with Gasteiger partial charge in [-0.1, -0.05) is 31.2 Å². The molecule has 3 aromatic rings. The molecule has 0 saturated carbocycles. The van der Waals surface area contributed by atoms with E-state index in [0.717, 1.165) is 40.1 Å². The Hall–Kier alpha value is -2.92. The second-order valence-electron chi connectivity index (χ2n) is 6.59. The summed E-state index contributed by atoms with van der Waals surface area (Å²) < 4.78 is 5.28. The molecule has 1 aromatic heterocycles. The fraction of sp³-hybridized carbons (Fsp3) is 0.217. The summed E-state index contributed by atoms with van der Waals surface area (Å²) in [7, 11) is 1.65. The van der Waals surface area contributed by atoms with Crippen molar-refractivity contribution in [3.8, 4) is 17.0 Å². The van der Waals surface area contributed by atoms with Crippen molar-refractivity contribution in [1.29, 1.82) is 0 Å². The van der Waals surface area contributed by atoms with Crippen LogP contribution in [-0.2, 0) is 11.2 Å². The van der Waals surface area contributed by atoms with E-state index < -0.39 is 0 Å². The van der Waals surface area contributed by atoms with Crippen molar-refractivity contribution >= 4 is 28.5 Å². The molecule has 0 saturated heterocycles. The number of aryl methyl sites for hydroxylation is 3. The molecular formula is C23H24N2O2S. The number of thiazole rings is 1. The van der Waals surface area contributed by atoms with E-state index in [1.165, 1.54) is 16.9 Å². The van der Waals surface area contributed by atoms with Crippen molar-refractivity contribution in [2.24, 2.45) is 0 Å². The molecule has 144 valence electrons. The van der Waals surface area contributed by atoms with Gasteiger partial charge in [0, 0.05) is 17.0 Å². The van der Waals surface area contributed by atoms with Crippen molar-refractivity contribution in [2.45, 2.75) is 27.2 Å². The van der Waals surface area contributed by atoms with Gasteiger partial charge in [0.2, 0.25) is 5.91 Å². The summed E-state index contributed by atoms with van der Waals surface area (Å²) in [5, 5.41) is 5.39. The minimum Gasteiger partial charge on any atom is -0.497 e. The molecule has 1 amide bonds. The molecule has 0 aliphatic rings. The zero-order valence-electron chi connectivity index (χ0n) is 16.6. The summed E-state index contributed by atoms with van der Waals surface area (Å²) >= 11 is 1.42. The number of amides is 1. The van der Waals surface area contributed by atoms with Crippen LogP contribution in [0.2, 0.25) is 0 Å². The molecule has 1 heterocycles. The van der Waals surface area contributed by atoms with Crippen LogP contribution in [0.3, 0.4) is 0 Å². The first-order valence-corrected chi connectivity index (χ1v) is 10.1. The molecule has 0 aliphatic carbocycles. The largest absolute Gasteiger partial charge is 0.497 e. The molecule has 3 rings (SSSR count). The number of benzene rings is 2. The third kappa shape index (κ3) is 4.67. The molecular weight excluding hydrogens is 368 g/mol. The average molecular weight is 393 g/mol. The van der Waals surface area contributed by atoms with Gasteiger partial charge in [-0.2, -0.15) is 0 Å². The number of anilines is 1. The number of aromatic nitrogens is 1. The van der Waals surface area contributed by atoms with Crippen LogP contribution in [0.1, 0.15) is 29.2 Å². The number of ether oxygens (including phenoxy) is 1. The van der Waals surface area contributed by atoms with Crippen LogP contribution in [0.15, 0.2) is 47.9 Å². The summed E-state index contributed by atoms with van der Waals surface area (Å²) in [4.78, 5) is 16.8. The van der Waals surface area contributed by atoms with E-state index in [4.69, 9.17) is 4.74 Å². The van der Waals surface area contributed by atoms with Crippen molar-refractivity contribution in [1.82, 2.24) is 4.98 Å². The third-order valence-corrected chi connectivity index (χ3v) is 5.35. The quantitative estimate of drug-likeness (QED) is 0.552. The second kappa shape index (κ2) is 8.85. The van der Waals surface area contributed by atoms with Crippen LogP contribution in [0.4, 0.5) is 5.13 Å². The van der Waals surface area contributed by atoms with Crippen LogP contribution < -0.4 is 10.1 Å². The van der Waals surface area contributed by atoms with Gasteiger partial charge in [0.1, 0.15) is 5.75 Å². The van der Waals surface area contributed by atoms with E-state index in [1.807, 2.05) is 37.4 Å². The maximum atomic E-state index is 12.3. The monoisotopic (exact) mass is 392 g/mol. The molecule has 5 heteroatoms. The highest BCUT2D eigenvalue weighted by atomic mass is 32.1. The Morgan fingerprint density at radius 1 is 1.18 bits per heavy atom. The van der Waals surface area contributed by atoms with E-state index in [1.54, 1.807) is 13.2 Å². The van der Waals surface area contributed by atoms with Gasteiger partial charge in [0.25, 0.3) is 0 Å². The van der Waals surface area contributed by atoms with E-state index in [9.17, 15) is 4.79 Å². The lowest BCUT2D eigenvalue weighted by Gasteiger charge is -2.08. The van der Waals surface area contributed by atoms with Crippen molar-refractivity contribution < 1.29 is 9.53 Å². The minimum atomic E-state index is -0.197. The van der Waals surface area contributed by atoms with Crippen molar-refractivity contribution in [3.05, 3.63) is 70.1 Å². The van der Waals surface area contributed by atoms with Crippen molar-refractivity contribution in [2.75, 3.05) is 12.4 Å². The van der Waals surface area contributed by atoms with E-state index in [0.29, 0.717) is 5.13 Å². The maximum absolute atomic E-state index is 12.3. The van der Waals surface area contributed by atoms with Gasteiger partial charge in [-0.25, -0.2) is 4.98 Å². The first-order chi connectivity index (χ1) is 13.5. The highest BCUT2D eigenvalue weighted by molar-refractivity contribution is 7.14. The number of carbonyl (C=O) groups is 1. The van der Waals surface area contributed by atoms with Gasteiger partial charge in [0.05, 0.1) is 12.8 Å². The Bertz CT molecular complexity index is 981. The van der Waals surface area contributed by atoms with Gasteiger partial charge in [-0.05, 0) is 60.7 Å². The van der Waals surface area contributed by atoms with Crippen LogP contribution in [0, 0.1) is 13.8 Å². The van der Waals surface area contributed by atoms with Crippen LogP contribution >= 0.6 is 11.3 Å². The number of carbonyl (C=O) groups excluding carboxylic acids is 1. The number of hydrogen-bond donors (Lipinski definition) is 1. The molecule has 4 nitrogen and oxygen atoms in total. The first kappa shape index (κ1) is 19.8. The number of rotatable bonds is 6. The molecule has 0 unspecified atom stereocenters. The Morgan fingerprint density at radius 2 is 1.86 bits per heavy atom. The summed E-state index contributed by atoms with van der Waals surface area (Å²) in [6.45, 7) is 6.14. The first-order valence-electron chi connectivity index (χ1n) is 9.19. The Balaban J connectivity index is 1.68. The smallest absolute Gasteiger partial charge is 0.250 e. The Labute approximate surface area is 169 Å². The lowest BCUT2D eigenvalue weighted by molar-refractivity contribution is -0.111. The molecule has 0 spiro atoms. The summed E-state index contributed by atoms with van der Waals surface area (Å²) in [6, 6.07) is 12.3. The fourth-order valence-corrected chi connectivity index (χ4v) is 3.72. The van der Waals surface area contributed by atoms with E-state index in [-0.39, 0.29) is 5.91 Å². The fourth-order valence-electron chi connectivity index (χ4n) is 3.00. The van der Waals surface area contributed by atoms with Gasteiger partial charge in [-0.3, -0.25) is 10.1 Å². The Kier molecular flexibility index (Phi) is 6.26. The molecule has 0 bridgehead atoms. The lowest BCUT2D eigenvalue weighted by atomic mass is 10.0. The normalized spacial score (nSPS) is 11.0. The molecule has 28 heavy (non-hydrogen) atoms. The zero-order valence-corrected chi connectivity index (χ0v) is 17.4. The molecule has 0 atom stereocenters. The molecule has 0 fully saturated rings. The third-order valence-electron chi connectivity index (χ3n) is 4.60. The highest BCUT2D eigenvalue weighted by Gasteiger charge is 2.08. The predicted molar refractivity (Wildman–Crippen MR) is 117 cm³/mol. The van der Waals surface area contributed by atoms with Gasteiger partial charge in [-0.15, -0.1) is 11.3 Å². The predicted octanol–water partition coefficient (Wildman–Crippen LogP) is 5.65. The second-order valence-corrected chi connectivity index (χ2v) is 7.44. The maximum Gasteiger partial charge on any atom is 0.250 e. The lowest BCUT2D eigenvalue weighted by Crippen LogP contribution is -2.07. The number of methoxy groups -OCH3 is 1. The van der Waals surface area contributed by atoms with Gasteiger partial charge >= 0.3 is 0 Å². The summed E-state index contributed by atoms with van der Waals surface area (Å²) in [5.41, 5.74) is 6.36. The van der Waals surface area contributed by atoms with E-state index >= 15 is 0 Å². The van der Waals surface area contributed by atoms with Gasteiger partial charge in [0.15, 0.2) is 5.13 Å². The standard InChI is InChI=1S/C23H24N2O2S/c1-5-17-6-8-18(9-7-17)21-14-28-23(24-21)25-22(26)11-10-20-15(2)12-19(27-4)13-16(20)3/h6-14H,5H2,1-4H3,(H,24,25,26)/b11-10+. The Morgan fingerprint density at radius 3 is 2.46 bits per heavy atom.